The number of hydrogen-bond acceptors (Lipinski definition) is 4. The third-order valence-electron chi connectivity index (χ3n) is 3.79. The molecule has 2 atom stereocenters. The van der Waals surface area contributed by atoms with Gasteiger partial charge in [0, 0.05) is 18.6 Å². The smallest absolute Gasteiger partial charge is 0.288 e. The third kappa shape index (κ3) is 2.17. The van der Waals surface area contributed by atoms with Crippen molar-refractivity contribution in [3.8, 4) is 0 Å². The summed E-state index contributed by atoms with van der Waals surface area (Å²) in [5.41, 5.74) is 0. The summed E-state index contributed by atoms with van der Waals surface area (Å²) in [6, 6.07) is 0.954. The Kier molecular flexibility index (Phi) is 2.80. The molecule has 0 aliphatic carbocycles. The number of rotatable bonds is 2. The third-order valence-corrected chi connectivity index (χ3v) is 3.79. The van der Waals surface area contributed by atoms with Crippen LogP contribution in [0, 0.1) is 0 Å². The van der Waals surface area contributed by atoms with E-state index in [-0.39, 0.29) is 11.9 Å². The topological polar surface area (TPSA) is 73.9 Å². The van der Waals surface area contributed by atoms with Gasteiger partial charge < -0.3 is 10.2 Å². The van der Waals surface area contributed by atoms with Gasteiger partial charge in [-0.1, -0.05) is 0 Å². The number of carbonyl (C=O) groups excluding carboxylic acids is 1. The molecule has 0 bridgehead atoms. The first-order chi connectivity index (χ1) is 8.33. The molecule has 1 amide bonds. The van der Waals surface area contributed by atoms with Crippen molar-refractivity contribution in [2.45, 2.75) is 37.8 Å². The number of amides is 1. The normalized spacial score (nSPS) is 28.9. The first kappa shape index (κ1) is 10.7. The fourth-order valence-electron chi connectivity index (χ4n) is 2.92. The van der Waals surface area contributed by atoms with Gasteiger partial charge in [-0.2, -0.15) is 5.10 Å². The van der Waals surface area contributed by atoms with Crippen molar-refractivity contribution in [1.29, 1.82) is 0 Å². The van der Waals surface area contributed by atoms with Gasteiger partial charge >= 0.3 is 0 Å². The van der Waals surface area contributed by atoms with Gasteiger partial charge in [-0.3, -0.25) is 9.89 Å². The van der Waals surface area contributed by atoms with Crippen LogP contribution in [0.2, 0.25) is 0 Å². The maximum Gasteiger partial charge on any atom is 0.288 e. The fourth-order valence-corrected chi connectivity index (χ4v) is 2.92. The number of carbonyl (C=O) groups is 1. The number of H-pyrrole nitrogens is 1. The number of nitrogens with one attached hydrogen (secondary N) is 2. The lowest BCUT2D eigenvalue weighted by molar-refractivity contribution is 0.0886. The number of piperidine rings is 1. The standard InChI is InChI=1S/C11H17N5O/c17-11(10-12-7-13-15-10)14-8-3-5-16-4-1-2-9(16)6-8/h7-9H,1-6H2,(H,14,17)(H,12,13,15). The second-order valence-electron chi connectivity index (χ2n) is 4.86. The van der Waals surface area contributed by atoms with E-state index in [1.165, 1.54) is 25.7 Å². The van der Waals surface area contributed by atoms with E-state index in [0.717, 1.165) is 19.4 Å². The van der Waals surface area contributed by atoms with E-state index in [1.807, 2.05) is 0 Å². The summed E-state index contributed by atoms with van der Waals surface area (Å²) in [5, 5.41) is 9.31. The minimum Gasteiger partial charge on any atom is -0.346 e. The van der Waals surface area contributed by atoms with Crippen molar-refractivity contribution in [1.82, 2.24) is 25.4 Å². The summed E-state index contributed by atoms with van der Waals surface area (Å²) < 4.78 is 0. The molecular weight excluding hydrogens is 218 g/mol. The first-order valence-electron chi connectivity index (χ1n) is 6.23. The number of fused-ring (bicyclic) bond motifs is 1. The molecule has 2 aliphatic rings. The minimum absolute atomic E-state index is 0.140. The van der Waals surface area contributed by atoms with E-state index < -0.39 is 0 Å². The van der Waals surface area contributed by atoms with Gasteiger partial charge in [0.05, 0.1) is 0 Å². The molecule has 1 aromatic rings. The molecule has 0 spiro atoms. The molecule has 92 valence electrons. The van der Waals surface area contributed by atoms with Crippen LogP contribution >= 0.6 is 0 Å². The second-order valence-corrected chi connectivity index (χ2v) is 4.86. The van der Waals surface area contributed by atoms with Crippen molar-refractivity contribution in [3.63, 3.8) is 0 Å². The molecule has 3 heterocycles. The Bertz CT molecular complexity index is 391. The van der Waals surface area contributed by atoms with E-state index in [9.17, 15) is 4.79 Å². The molecular formula is C11H17N5O. The van der Waals surface area contributed by atoms with Crippen LogP contribution < -0.4 is 5.32 Å². The van der Waals surface area contributed by atoms with Gasteiger partial charge in [0.15, 0.2) is 0 Å². The molecule has 3 rings (SSSR count). The minimum atomic E-state index is -0.140. The predicted octanol–water partition coefficient (Wildman–Crippen LogP) is 0.161. The maximum atomic E-state index is 11.8. The number of hydrogen-bond donors (Lipinski definition) is 2. The highest BCUT2D eigenvalue weighted by atomic mass is 16.2. The Labute approximate surface area is 99.8 Å². The molecule has 2 aliphatic heterocycles. The monoisotopic (exact) mass is 235 g/mol. The van der Waals surface area contributed by atoms with Crippen molar-refractivity contribution >= 4 is 5.91 Å². The quantitative estimate of drug-likeness (QED) is 0.766. The maximum absolute atomic E-state index is 11.8. The highest BCUT2D eigenvalue weighted by molar-refractivity contribution is 5.90. The Hall–Kier alpha value is -1.43. The number of aromatic amines is 1. The largest absolute Gasteiger partial charge is 0.346 e. The molecule has 2 saturated heterocycles. The lowest BCUT2D eigenvalue weighted by Crippen LogP contribution is -2.47. The molecule has 17 heavy (non-hydrogen) atoms. The Morgan fingerprint density at radius 3 is 3.24 bits per heavy atom. The molecule has 6 heteroatoms. The SMILES string of the molecule is O=C(NC1CCN2CCCC2C1)c1ncn[nH]1. The van der Waals surface area contributed by atoms with E-state index >= 15 is 0 Å². The number of aromatic nitrogens is 3. The van der Waals surface area contributed by atoms with Gasteiger partial charge in [0.1, 0.15) is 6.33 Å². The zero-order chi connectivity index (χ0) is 11.7. The second kappa shape index (κ2) is 4.44. The van der Waals surface area contributed by atoms with Gasteiger partial charge in [-0.05, 0) is 32.2 Å². The van der Waals surface area contributed by atoms with Crippen molar-refractivity contribution in [2.24, 2.45) is 0 Å². The van der Waals surface area contributed by atoms with E-state index in [2.05, 4.69) is 25.4 Å². The van der Waals surface area contributed by atoms with Crippen molar-refractivity contribution < 1.29 is 4.79 Å². The summed E-state index contributed by atoms with van der Waals surface area (Å²) in [6.45, 7) is 2.33. The summed E-state index contributed by atoms with van der Waals surface area (Å²) in [5.74, 6) is 0.165. The molecule has 0 radical (unpaired) electrons. The van der Waals surface area contributed by atoms with Crippen LogP contribution in [0.25, 0.3) is 0 Å². The molecule has 1 aromatic heterocycles. The van der Waals surface area contributed by atoms with Crippen LogP contribution in [0.1, 0.15) is 36.3 Å². The highest BCUT2D eigenvalue weighted by Gasteiger charge is 2.32. The summed E-state index contributed by atoms with van der Waals surface area (Å²) >= 11 is 0. The molecule has 0 aromatic carbocycles. The van der Waals surface area contributed by atoms with Crippen molar-refractivity contribution in [2.75, 3.05) is 13.1 Å². The lowest BCUT2D eigenvalue weighted by Gasteiger charge is -2.34. The zero-order valence-electron chi connectivity index (χ0n) is 9.72. The van der Waals surface area contributed by atoms with Crippen LogP contribution in [0.4, 0.5) is 0 Å². The molecule has 2 N–H and O–H groups in total. The van der Waals surface area contributed by atoms with E-state index in [1.54, 1.807) is 0 Å². The fraction of sp³-hybridized carbons (Fsp3) is 0.727. The molecule has 6 nitrogen and oxygen atoms in total. The van der Waals surface area contributed by atoms with Gasteiger partial charge in [0.25, 0.3) is 5.91 Å². The Morgan fingerprint density at radius 1 is 1.47 bits per heavy atom. The lowest BCUT2D eigenvalue weighted by atomic mass is 9.97. The summed E-state index contributed by atoms with van der Waals surface area (Å²) in [4.78, 5) is 18.2. The van der Waals surface area contributed by atoms with Gasteiger partial charge in [-0.25, -0.2) is 4.98 Å². The van der Waals surface area contributed by atoms with Crippen LogP contribution in [0.15, 0.2) is 6.33 Å². The van der Waals surface area contributed by atoms with Gasteiger partial charge in [-0.15, -0.1) is 0 Å². The highest BCUT2D eigenvalue weighted by Crippen LogP contribution is 2.26. The van der Waals surface area contributed by atoms with E-state index in [0.29, 0.717) is 11.9 Å². The Balaban J connectivity index is 1.57. The van der Waals surface area contributed by atoms with E-state index in [4.69, 9.17) is 0 Å². The summed E-state index contributed by atoms with van der Waals surface area (Å²) in [7, 11) is 0. The first-order valence-corrected chi connectivity index (χ1v) is 6.23. The average Bonchev–Trinajstić information content (AvgIpc) is 2.99. The van der Waals surface area contributed by atoms with Gasteiger partial charge in [0.2, 0.25) is 5.82 Å². The molecule has 2 unspecified atom stereocenters. The Morgan fingerprint density at radius 2 is 2.41 bits per heavy atom. The van der Waals surface area contributed by atoms with Crippen LogP contribution in [0.5, 0.6) is 0 Å². The van der Waals surface area contributed by atoms with Crippen LogP contribution in [-0.4, -0.2) is 51.2 Å². The zero-order valence-corrected chi connectivity index (χ0v) is 9.72. The number of nitrogens with zero attached hydrogens (tertiary/aromatic N) is 3. The van der Waals surface area contributed by atoms with Crippen molar-refractivity contribution in [3.05, 3.63) is 12.2 Å². The van der Waals surface area contributed by atoms with Crippen LogP contribution in [0.3, 0.4) is 0 Å². The van der Waals surface area contributed by atoms with Crippen LogP contribution in [-0.2, 0) is 0 Å². The molecule has 2 fully saturated rings. The predicted molar refractivity (Wildman–Crippen MR) is 61.5 cm³/mol. The molecule has 0 saturated carbocycles. The summed E-state index contributed by atoms with van der Waals surface area (Å²) in [6.07, 6.45) is 6.03. The average molecular weight is 235 g/mol.